The largest absolute Gasteiger partial charge is 0.496 e. The lowest BCUT2D eigenvalue weighted by molar-refractivity contribution is 0.0950. The number of methoxy groups -OCH3 is 2. The third kappa shape index (κ3) is 3.39. The zero-order valence-corrected chi connectivity index (χ0v) is 13.4. The van der Waals surface area contributed by atoms with Crippen LogP contribution in [0.15, 0.2) is 36.4 Å². The van der Waals surface area contributed by atoms with Crippen molar-refractivity contribution >= 4 is 5.91 Å². The Morgan fingerprint density at radius 1 is 1.00 bits per heavy atom. The van der Waals surface area contributed by atoms with Crippen molar-refractivity contribution in [2.45, 2.75) is 20.4 Å². The summed E-state index contributed by atoms with van der Waals surface area (Å²) in [6, 6.07) is 11.4. The van der Waals surface area contributed by atoms with Gasteiger partial charge in [-0.3, -0.25) is 4.79 Å². The summed E-state index contributed by atoms with van der Waals surface area (Å²) in [5.74, 6) is 1.46. The average molecular weight is 299 g/mol. The Morgan fingerprint density at radius 2 is 1.68 bits per heavy atom. The van der Waals surface area contributed by atoms with Gasteiger partial charge in [0.2, 0.25) is 0 Å². The summed E-state index contributed by atoms with van der Waals surface area (Å²) >= 11 is 0. The molecule has 0 bridgehead atoms. The van der Waals surface area contributed by atoms with Gasteiger partial charge in [0, 0.05) is 17.7 Å². The lowest BCUT2D eigenvalue weighted by Crippen LogP contribution is -2.24. The van der Waals surface area contributed by atoms with Crippen LogP contribution in [0.1, 0.15) is 27.0 Å². The number of nitrogens with one attached hydrogen (secondary N) is 1. The number of benzene rings is 2. The van der Waals surface area contributed by atoms with E-state index in [1.165, 1.54) is 0 Å². The van der Waals surface area contributed by atoms with Crippen molar-refractivity contribution in [2.24, 2.45) is 0 Å². The molecular weight excluding hydrogens is 278 g/mol. The van der Waals surface area contributed by atoms with Crippen molar-refractivity contribution < 1.29 is 14.3 Å². The summed E-state index contributed by atoms with van der Waals surface area (Å²) < 4.78 is 10.6. The van der Waals surface area contributed by atoms with Gasteiger partial charge in [-0.25, -0.2) is 0 Å². The number of carbonyl (C=O) groups excluding carboxylic acids is 1. The van der Waals surface area contributed by atoms with Crippen molar-refractivity contribution in [3.05, 3.63) is 58.7 Å². The Bertz CT molecular complexity index is 680. The lowest BCUT2D eigenvalue weighted by Gasteiger charge is -2.13. The number of aryl methyl sites for hydroxylation is 2. The molecule has 0 aliphatic carbocycles. The predicted octanol–water partition coefficient (Wildman–Crippen LogP) is 3.25. The fourth-order valence-electron chi connectivity index (χ4n) is 2.37. The Labute approximate surface area is 131 Å². The number of rotatable bonds is 5. The SMILES string of the molecule is COc1cc(C)c(C(=O)NCc2ccccc2OC)cc1C. The van der Waals surface area contributed by atoms with Gasteiger partial charge in [0.05, 0.1) is 14.2 Å². The molecule has 0 saturated heterocycles. The molecule has 0 aliphatic rings. The monoisotopic (exact) mass is 299 g/mol. The number of amides is 1. The second-order valence-electron chi connectivity index (χ2n) is 5.13. The van der Waals surface area contributed by atoms with Gasteiger partial charge in [0.1, 0.15) is 11.5 Å². The van der Waals surface area contributed by atoms with Crippen molar-refractivity contribution in [1.29, 1.82) is 0 Å². The molecule has 1 amide bonds. The molecule has 0 unspecified atom stereocenters. The van der Waals surface area contributed by atoms with E-state index in [9.17, 15) is 4.79 Å². The van der Waals surface area contributed by atoms with Crippen LogP contribution in [-0.2, 0) is 6.54 Å². The molecule has 0 saturated carbocycles. The fourth-order valence-corrected chi connectivity index (χ4v) is 2.37. The van der Waals surface area contributed by atoms with Gasteiger partial charge in [0.25, 0.3) is 5.91 Å². The maximum Gasteiger partial charge on any atom is 0.251 e. The van der Waals surface area contributed by atoms with Gasteiger partial charge in [-0.05, 0) is 43.2 Å². The van der Waals surface area contributed by atoms with Gasteiger partial charge in [-0.2, -0.15) is 0 Å². The summed E-state index contributed by atoms with van der Waals surface area (Å²) in [7, 11) is 3.25. The number of para-hydroxylation sites is 1. The van der Waals surface area contributed by atoms with Crippen molar-refractivity contribution in [3.63, 3.8) is 0 Å². The van der Waals surface area contributed by atoms with E-state index in [1.54, 1.807) is 14.2 Å². The molecule has 116 valence electrons. The predicted molar refractivity (Wildman–Crippen MR) is 86.6 cm³/mol. The van der Waals surface area contributed by atoms with Crippen LogP contribution < -0.4 is 14.8 Å². The highest BCUT2D eigenvalue weighted by atomic mass is 16.5. The summed E-state index contributed by atoms with van der Waals surface area (Å²) in [5.41, 5.74) is 3.44. The summed E-state index contributed by atoms with van der Waals surface area (Å²) in [6.07, 6.45) is 0. The molecule has 1 N–H and O–H groups in total. The van der Waals surface area contributed by atoms with Crippen LogP contribution in [0.5, 0.6) is 11.5 Å². The Morgan fingerprint density at radius 3 is 2.36 bits per heavy atom. The van der Waals surface area contributed by atoms with Crippen LogP contribution in [0.3, 0.4) is 0 Å². The van der Waals surface area contributed by atoms with Crippen molar-refractivity contribution in [2.75, 3.05) is 14.2 Å². The van der Waals surface area contributed by atoms with E-state index in [-0.39, 0.29) is 5.91 Å². The molecule has 0 heterocycles. The van der Waals surface area contributed by atoms with Crippen molar-refractivity contribution in [1.82, 2.24) is 5.32 Å². The Kier molecular flexibility index (Phi) is 5.04. The van der Waals surface area contributed by atoms with E-state index < -0.39 is 0 Å². The smallest absolute Gasteiger partial charge is 0.251 e. The first-order valence-corrected chi connectivity index (χ1v) is 7.12. The molecule has 4 nitrogen and oxygen atoms in total. The van der Waals surface area contributed by atoms with E-state index in [4.69, 9.17) is 9.47 Å². The highest BCUT2D eigenvalue weighted by Crippen LogP contribution is 2.23. The van der Waals surface area contributed by atoms with E-state index in [0.717, 1.165) is 28.2 Å². The van der Waals surface area contributed by atoms with Crippen LogP contribution in [0.4, 0.5) is 0 Å². The summed E-state index contributed by atoms with van der Waals surface area (Å²) in [6.45, 7) is 4.25. The first-order chi connectivity index (χ1) is 10.6. The third-order valence-corrected chi connectivity index (χ3v) is 3.62. The Hall–Kier alpha value is -2.49. The van der Waals surface area contributed by atoms with Crippen LogP contribution in [0, 0.1) is 13.8 Å². The second kappa shape index (κ2) is 6.98. The fraction of sp³-hybridized carbons (Fsp3) is 0.278. The number of hydrogen-bond acceptors (Lipinski definition) is 3. The molecule has 0 radical (unpaired) electrons. The van der Waals surface area contributed by atoms with Crippen LogP contribution in [0.2, 0.25) is 0 Å². The van der Waals surface area contributed by atoms with Crippen LogP contribution >= 0.6 is 0 Å². The van der Waals surface area contributed by atoms with E-state index in [0.29, 0.717) is 12.1 Å². The maximum absolute atomic E-state index is 12.4. The highest BCUT2D eigenvalue weighted by molar-refractivity contribution is 5.96. The van der Waals surface area contributed by atoms with Gasteiger partial charge in [-0.15, -0.1) is 0 Å². The number of carbonyl (C=O) groups is 1. The van der Waals surface area contributed by atoms with Gasteiger partial charge in [0.15, 0.2) is 0 Å². The van der Waals surface area contributed by atoms with E-state index in [1.807, 2.05) is 50.2 Å². The number of hydrogen-bond donors (Lipinski definition) is 1. The molecule has 2 aromatic carbocycles. The molecule has 22 heavy (non-hydrogen) atoms. The summed E-state index contributed by atoms with van der Waals surface area (Å²) in [4.78, 5) is 12.4. The quantitative estimate of drug-likeness (QED) is 0.922. The van der Waals surface area contributed by atoms with Gasteiger partial charge in [-0.1, -0.05) is 18.2 Å². The van der Waals surface area contributed by atoms with E-state index in [2.05, 4.69) is 5.32 Å². The standard InChI is InChI=1S/C18H21NO3/c1-12-10-17(22-4)13(2)9-15(12)18(20)19-11-14-7-5-6-8-16(14)21-3/h5-10H,11H2,1-4H3,(H,19,20). The molecule has 2 rings (SSSR count). The molecule has 2 aromatic rings. The highest BCUT2D eigenvalue weighted by Gasteiger charge is 2.12. The number of ether oxygens (including phenoxy) is 2. The molecule has 0 aromatic heterocycles. The maximum atomic E-state index is 12.4. The van der Waals surface area contributed by atoms with Crippen LogP contribution in [0.25, 0.3) is 0 Å². The molecule has 0 aliphatic heterocycles. The first-order valence-electron chi connectivity index (χ1n) is 7.12. The summed E-state index contributed by atoms with van der Waals surface area (Å²) in [5, 5.41) is 2.94. The second-order valence-corrected chi connectivity index (χ2v) is 5.13. The normalized spacial score (nSPS) is 10.2. The molecular formula is C18H21NO3. The lowest BCUT2D eigenvalue weighted by atomic mass is 10.0. The van der Waals surface area contributed by atoms with Crippen molar-refractivity contribution in [3.8, 4) is 11.5 Å². The molecule has 4 heteroatoms. The molecule has 0 fully saturated rings. The minimum atomic E-state index is -0.103. The molecule has 0 atom stereocenters. The first kappa shape index (κ1) is 15.9. The zero-order chi connectivity index (χ0) is 16.1. The zero-order valence-electron chi connectivity index (χ0n) is 13.4. The average Bonchev–Trinajstić information content (AvgIpc) is 2.54. The topological polar surface area (TPSA) is 47.6 Å². The van der Waals surface area contributed by atoms with Gasteiger partial charge >= 0.3 is 0 Å². The Balaban J connectivity index is 2.14. The van der Waals surface area contributed by atoms with Crippen LogP contribution in [-0.4, -0.2) is 20.1 Å². The minimum absolute atomic E-state index is 0.103. The minimum Gasteiger partial charge on any atom is -0.496 e. The third-order valence-electron chi connectivity index (χ3n) is 3.62. The van der Waals surface area contributed by atoms with E-state index >= 15 is 0 Å². The van der Waals surface area contributed by atoms with Gasteiger partial charge < -0.3 is 14.8 Å². The molecule has 0 spiro atoms.